The normalized spacial score (nSPS) is 18.5. The summed E-state index contributed by atoms with van der Waals surface area (Å²) in [6.45, 7) is 0. The van der Waals surface area contributed by atoms with Gasteiger partial charge in [-0.3, -0.25) is 9.69 Å². The molecule has 0 radical (unpaired) electrons. The van der Waals surface area contributed by atoms with Gasteiger partial charge in [-0.25, -0.2) is 0 Å². The van der Waals surface area contributed by atoms with Crippen LogP contribution in [0.1, 0.15) is 44.1 Å². The molecule has 116 valence electrons. The molecule has 1 aromatic carbocycles. The van der Waals surface area contributed by atoms with Gasteiger partial charge in [-0.15, -0.1) is 0 Å². The van der Waals surface area contributed by atoms with Crippen molar-refractivity contribution in [1.29, 1.82) is 0 Å². The fourth-order valence-electron chi connectivity index (χ4n) is 3.29. The smallest absolute Gasteiger partial charge is 0.157 e. The van der Waals surface area contributed by atoms with Crippen LogP contribution >= 0.6 is 23.2 Å². The van der Waals surface area contributed by atoms with Gasteiger partial charge in [0.25, 0.3) is 0 Å². The molecule has 1 aliphatic rings. The summed E-state index contributed by atoms with van der Waals surface area (Å²) in [4.78, 5) is 15.1. The number of ketones is 1. The van der Waals surface area contributed by atoms with E-state index in [1.54, 1.807) is 12.1 Å². The molecule has 2 rings (SSSR count). The molecule has 1 saturated carbocycles. The van der Waals surface area contributed by atoms with E-state index in [0.29, 0.717) is 16.5 Å². The number of nitrogens with zero attached hydrogens (tertiary/aromatic N) is 1. The number of carbonyl (C=O) groups excluding carboxylic acids is 1. The standard InChI is InChI=1S/C17H23Cl2NO/c1-20(2)17(9-5-3-4-6-10-17)16(21)11-13-7-8-14(18)12-15(13)19/h7-8,12H,3-6,9-11H2,1-2H3. The second-order valence-electron chi connectivity index (χ2n) is 6.18. The Hall–Kier alpha value is -0.570. The van der Waals surface area contributed by atoms with E-state index < -0.39 is 0 Å². The zero-order valence-electron chi connectivity index (χ0n) is 12.8. The molecule has 1 aliphatic carbocycles. The highest BCUT2D eigenvalue weighted by molar-refractivity contribution is 6.35. The van der Waals surface area contributed by atoms with Crippen LogP contribution in [0.5, 0.6) is 0 Å². The summed E-state index contributed by atoms with van der Waals surface area (Å²) in [5.41, 5.74) is 0.538. The number of carbonyl (C=O) groups is 1. The minimum Gasteiger partial charge on any atom is -0.297 e. The fraction of sp³-hybridized carbons (Fsp3) is 0.588. The average Bonchev–Trinajstić information content (AvgIpc) is 2.68. The lowest BCUT2D eigenvalue weighted by Gasteiger charge is -2.38. The van der Waals surface area contributed by atoms with E-state index in [1.807, 2.05) is 20.2 Å². The number of halogens is 2. The van der Waals surface area contributed by atoms with E-state index in [0.717, 1.165) is 31.2 Å². The molecule has 0 heterocycles. The van der Waals surface area contributed by atoms with Gasteiger partial charge in [0, 0.05) is 16.5 Å². The summed E-state index contributed by atoms with van der Waals surface area (Å²) < 4.78 is 0. The molecule has 0 N–H and O–H groups in total. The Kier molecular flexibility index (Phi) is 5.70. The third kappa shape index (κ3) is 3.80. The van der Waals surface area contributed by atoms with Crippen LogP contribution in [0.25, 0.3) is 0 Å². The molecular formula is C17H23Cl2NO. The number of benzene rings is 1. The molecule has 0 aliphatic heterocycles. The summed E-state index contributed by atoms with van der Waals surface area (Å²) in [6, 6.07) is 5.37. The van der Waals surface area contributed by atoms with Crippen molar-refractivity contribution in [2.45, 2.75) is 50.5 Å². The maximum Gasteiger partial charge on any atom is 0.157 e. The van der Waals surface area contributed by atoms with Gasteiger partial charge in [0.15, 0.2) is 5.78 Å². The first-order valence-electron chi connectivity index (χ1n) is 7.60. The first-order valence-corrected chi connectivity index (χ1v) is 8.36. The largest absolute Gasteiger partial charge is 0.297 e. The zero-order chi connectivity index (χ0) is 15.5. The molecule has 2 nitrogen and oxygen atoms in total. The Morgan fingerprint density at radius 2 is 1.76 bits per heavy atom. The van der Waals surface area contributed by atoms with Crippen LogP contribution in [-0.2, 0) is 11.2 Å². The molecular weight excluding hydrogens is 305 g/mol. The predicted octanol–water partition coefficient (Wildman–Crippen LogP) is 4.76. The van der Waals surface area contributed by atoms with Crippen molar-refractivity contribution in [3.05, 3.63) is 33.8 Å². The first-order chi connectivity index (χ1) is 9.95. The van der Waals surface area contributed by atoms with Gasteiger partial charge in [-0.1, -0.05) is 55.0 Å². The van der Waals surface area contributed by atoms with Crippen molar-refractivity contribution in [3.8, 4) is 0 Å². The molecule has 0 amide bonds. The molecule has 1 aromatic rings. The van der Waals surface area contributed by atoms with E-state index in [9.17, 15) is 4.79 Å². The third-order valence-corrected chi connectivity index (χ3v) is 5.26. The Bertz CT molecular complexity index is 506. The second kappa shape index (κ2) is 7.13. The summed E-state index contributed by atoms with van der Waals surface area (Å²) >= 11 is 12.1. The lowest BCUT2D eigenvalue weighted by Crippen LogP contribution is -2.51. The average molecular weight is 328 g/mol. The first kappa shape index (κ1) is 16.8. The fourth-order valence-corrected chi connectivity index (χ4v) is 3.77. The molecule has 4 heteroatoms. The summed E-state index contributed by atoms with van der Waals surface area (Å²) in [5.74, 6) is 0.277. The predicted molar refractivity (Wildman–Crippen MR) is 89.3 cm³/mol. The molecule has 0 aromatic heterocycles. The molecule has 0 unspecified atom stereocenters. The lowest BCUT2D eigenvalue weighted by molar-refractivity contribution is -0.130. The van der Waals surface area contributed by atoms with Gasteiger partial charge < -0.3 is 0 Å². The van der Waals surface area contributed by atoms with Gasteiger partial charge >= 0.3 is 0 Å². The highest BCUT2D eigenvalue weighted by Gasteiger charge is 2.40. The van der Waals surface area contributed by atoms with E-state index >= 15 is 0 Å². The Labute approximate surface area is 137 Å². The van der Waals surface area contributed by atoms with Gasteiger partial charge in [-0.2, -0.15) is 0 Å². The van der Waals surface area contributed by atoms with Gasteiger partial charge in [0.1, 0.15) is 0 Å². The van der Waals surface area contributed by atoms with E-state index in [-0.39, 0.29) is 11.3 Å². The quantitative estimate of drug-likeness (QED) is 0.743. The second-order valence-corrected chi connectivity index (χ2v) is 7.02. The number of likely N-dealkylation sites (N-methyl/N-ethyl adjacent to an activating group) is 1. The SMILES string of the molecule is CN(C)C1(C(=O)Cc2ccc(Cl)cc2Cl)CCCCCC1. The van der Waals surface area contributed by atoms with Crippen molar-refractivity contribution >= 4 is 29.0 Å². The highest BCUT2D eigenvalue weighted by Crippen LogP contribution is 2.34. The van der Waals surface area contributed by atoms with Crippen LogP contribution < -0.4 is 0 Å². The zero-order valence-corrected chi connectivity index (χ0v) is 14.3. The molecule has 0 spiro atoms. The minimum atomic E-state index is -0.334. The monoisotopic (exact) mass is 327 g/mol. The minimum absolute atomic E-state index is 0.277. The number of Topliss-reactive ketones (excluding diaryl/α,β-unsaturated/α-hetero) is 1. The number of hydrogen-bond acceptors (Lipinski definition) is 2. The van der Waals surface area contributed by atoms with Crippen molar-refractivity contribution in [1.82, 2.24) is 4.90 Å². The maximum absolute atomic E-state index is 13.0. The summed E-state index contributed by atoms with van der Waals surface area (Å²) in [6.07, 6.45) is 6.98. The topological polar surface area (TPSA) is 20.3 Å². The lowest BCUT2D eigenvalue weighted by atomic mass is 9.82. The highest BCUT2D eigenvalue weighted by atomic mass is 35.5. The Morgan fingerprint density at radius 3 is 2.29 bits per heavy atom. The van der Waals surface area contributed by atoms with Gasteiger partial charge in [-0.05, 0) is 44.6 Å². The van der Waals surface area contributed by atoms with Crippen LogP contribution in [0.15, 0.2) is 18.2 Å². The van der Waals surface area contributed by atoms with E-state index in [4.69, 9.17) is 23.2 Å². The van der Waals surface area contributed by atoms with Crippen molar-refractivity contribution in [2.24, 2.45) is 0 Å². The van der Waals surface area contributed by atoms with Crippen LogP contribution in [0.3, 0.4) is 0 Å². The van der Waals surface area contributed by atoms with Crippen molar-refractivity contribution < 1.29 is 4.79 Å². The van der Waals surface area contributed by atoms with E-state index in [1.165, 1.54) is 12.8 Å². The molecule has 0 bridgehead atoms. The van der Waals surface area contributed by atoms with Crippen LogP contribution in [-0.4, -0.2) is 30.3 Å². The number of hydrogen-bond donors (Lipinski definition) is 0. The Morgan fingerprint density at radius 1 is 1.14 bits per heavy atom. The molecule has 0 saturated heterocycles. The van der Waals surface area contributed by atoms with Crippen LogP contribution in [0.2, 0.25) is 10.0 Å². The van der Waals surface area contributed by atoms with E-state index in [2.05, 4.69) is 4.90 Å². The number of rotatable bonds is 4. The van der Waals surface area contributed by atoms with Crippen molar-refractivity contribution in [2.75, 3.05) is 14.1 Å². The van der Waals surface area contributed by atoms with Crippen LogP contribution in [0.4, 0.5) is 0 Å². The van der Waals surface area contributed by atoms with Gasteiger partial charge in [0.05, 0.1) is 5.54 Å². The summed E-state index contributed by atoms with van der Waals surface area (Å²) in [7, 11) is 4.04. The molecule has 21 heavy (non-hydrogen) atoms. The van der Waals surface area contributed by atoms with Gasteiger partial charge in [0.2, 0.25) is 0 Å². The third-order valence-electron chi connectivity index (χ3n) is 4.67. The maximum atomic E-state index is 13.0. The molecule has 0 atom stereocenters. The summed E-state index contributed by atoms with van der Waals surface area (Å²) in [5, 5.41) is 1.19. The molecule has 1 fully saturated rings. The van der Waals surface area contributed by atoms with Crippen LogP contribution in [0, 0.1) is 0 Å². The Balaban J connectivity index is 2.22. The van der Waals surface area contributed by atoms with Crippen molar-refractivity contribution in [3.63, 3.8) is 0 Å².